The van der Waals surface area contributed by atoms with Crippen molar-refractivity contribution in [2.45, 2.75) is 33.1 Å². The van der Waals surface area contributed by atoms with Crippen molar-refractivity contribution in [3.05, 3.63) is 17.2 Å². The molecular weight excluding hydrogens is 152 g/mol. The van der Waals surface area contributed by atoms with Crippen LogP contribution in [0.4, 0.5) is 0 Å². The van der Waals surface area contributed by atoms with Crippen LogP contribution in [0.5, 0.6) is 0 Å². The summed E-state index contributed by atoms with van der Waals surface area (Å²) in [6.45, 7) is 8.15. The zero-order chi connectivity index (χ0) is 9.35. The molecule has 3 heteroatoms. The van der Waals surface area contributed by atoms with Crippen molar-refractivity contribution >= 4 is 6.29 Å². The summed E-state index contributed by atoms with van der Waals surface area (Å²) in [6.07, 6.45) is 0.738. The Bertz CT molecular complexity index is 294. The minimum absolute atomic E-state index is 0.00183. The average Bonchev–Trinajstić information content (AvgIpc) is 2.29. The third-order valence-electron chi connectivity index (χ3n) is 1.73. The standard InChI is InChI=1S/C9H14N2O/c1-6-8(9(2,3)4)11-7(5-12)10-6/h5H,1-4H3,(H,10,11). The molecule has 1 heterocycles. The number of imidazole rings is 1. The van der Waals surface area contributed by atoms with Crippen molar-refractivity contribution in [2.75, 3.05) is 0 Å². The smallest absolute Gasteiger partial charge is 0.185 e. The van der Waals surface area contributed by atoms with Gasteiger partial charge in [0.15, 0.2) is 12.1 Å². The Kier molecular flexibility index (Phi) is 2.04. The summed E-state index contributed by atoms with van der Waals surface area (Å²) in [6, 6.07) is 0. The van der Waals surface area contributed by atoms with Crippen LogP contribution in [0.15, 0.2) is 0 Å². The molecule has 0 radical (unpaired) electrons. The quantitative estimate of drug-likeness (QED) is 0.647. The van der Waals surface area contributed by atoms with Crippen molar-refractivity contribution in [3.8, 4) is 0 Å². The Balaban J connectivity index is 3.16. The van der Waals surface area contributed by atoms with E-state index in [-0.39, 0.29) is 5.41 Å². The van der Waals surface area contributed by atoms with Gasteiger partial charge in [-0.15, -0.1) is 0 Å². The second kappa shape index (κ2) is 2.73. The maximum Gasteiger partial charge on any atom is 0.185 e. The topological polar surface area (TPSA) is 45.8 Å². The first kappa shape index (κ1) is 8.97. The monoisotopic (exact) mass is 166 g/mol. The van der Waals surface area contributed by atoms with Gasteiger partial charge in [-0.3, -0.25) is 4.79 Å². The van der Waals surface area contributed by atoms with Crippen LogP contribution < -0.4 is 0 Å². The Morgan fingerprint density at radius 3 is 2.25 bits per heavy atom. The first-order valence-electron chi connectivity index (χ1n) is 3.97. The summed E-state index contributed by atoms with van der Waals surface area (Å²) in [7, 11) is 0. The minimum atomic E-state index is 0.00183. The van der Waals surface area contributed by atoms with Gasteiger partial charge in [-0.1, -0.05) is 20.8 Å². The van der Waals surface area contributed by atoms with Gasteiger partial charge in [0.25, 0.3) is 0 Å². The van der Waals surface area contributed by atoms with E-state index >= 15 is 0 Å². The Morgan fingerprint density at radius 1 is 1.42 bits per heavy atom. The second-order valence-corrected chi connectivity index (χ2v) is 3.96. The molecule has 1 aromatic rings. The van der Waals surface area contributed by atoms with Gasteiger partial charge in [0, 0.05) is 11.1 Å². The number of aromatic amines is 1. The Hall–Kier alpha value is -1.12. The molecule has 1 N–H and O–H groups in total. The molecule has 0 aliphatic heterocycles. The SMILES string of the molecule is Cc1[nH]c(C=O)nc1C(C)(C)C. The molecule has 1 aromatic heterocycles. The number of nitrogens with one attached hydrogen (secondary N) is 1. The predicted octanol–water partition coefficient (Wildman–Crippen LogP) is 1.83. The van der Waals surface area contributed by atoms with Gasteiger partial charge >= 0.3 is 0 Å². The van der Waals surface area contributed by atoms with E-state index in [9.17, 15) is 4.79 Å². The first-order valence-corrected chi connectivity index (χ1v) is 3.97. The van der Waals surface area contributed by atoms with E-state index in [0.29, 0.717) is 5.82 Å². The third kappa shape index (κ3) is 1.55. The molecule has 0 unspecified atom stereocenters. The van der Waals surface area contributed by atoms with Crippen LogP contribution in [-0.4, -0.2) is 16.3 Å². The van der Waals surface area contributed by atoms with Crippen LogP contribution in [0.2, 0.25) is 0 Å². The summed E-state index contributed by atoms with van der Waals surface area (Å²) < 4.78 is 0. The minimum Gasteiger partial charge on any atom is -0.340 e. The normalized spacial score (nSPS) is 11.7. The van der Waals surface area contributed by atoms with Gasteiger partial charge in [-0.2, -0.15) is 0 Å². The largest absolute Gasteiger partial charge is 0.340 e. The molecule has 0 fully saturated rings. The average molecular weight is 166 g/mol. The van der Waals surface area contributed by atoms with E-state index in [1.807, 2.05) is 6.92 Å². The van der Waals surface area contributed by atoms with Crippen LogP contribution in [0.3, 0.4) is 0 Å². The van der Waals surface area contributed by atoms with Crippen LogP contribution in [-0.2, 0) is 5.41 Å². The van der Waals surface area contributed by atoms with Gasteiger partial charge in [-0.05, 0) is 6.92 Å². The Labute approximate surface area is 72.2 Å². The molecule has 0 aliphatic rings. The molecule has 12 heavy (non-hydrogen) atoms. The van der Waals surface area contributed by atoms with Crippen LogP contribution in [0.25, 0.3) is 0 Å². The van der Waals surface area contributed by atoms with E-state index in [1.165, 1.54) is 0 Å². The van der Waals surface area contributed by atoms with Gasteiger partial charge in [0.1, 0.15) is 0 Å². The highest BCUT2D eigenvalue weighted by Gasteiger charge is 2.20. The van der Waals surface area contributed by atoms with Crippen LogP contribution in [0, 0.1) is 6.92 Å². The molecule has 1 rings (SSSR count). The van der Waals surface area contributed by atoms with E-state index in [4.69, 9.17) is 0 Å². The molecule has 0 aliphatic carbocycles. The third-order valence-corrected chi connectivity index (χ3v) is 1.73. The highest BCUT2D eigenvalue weighted by molar-refractivity contribution is 5.69. The van der Waals surface area contributed by atoms with Gasteiger partial charge < -0.3 is 4.98 Å². The molecule has 0 spiro atoms. The lowest BCUT2D eigenvalue weighted by atomic mass is 9.91. The molecule has 66 valence electrons. The lowest BCUT2D eigenvalue weighted by molar-refractivity contribution is 0.111. The maximum absolute atomic E-state index is 10.4. The maximum atomic E-state index is 10.4. The molecule has 0 saturated heterocycles. The van der Waals surface area contributed by atoms with E-state index < -0.39 is 0 Å². The number of rotatable bonds is 1. The fourth-order valence-electron chi connectivity index (χ4n) is 1.27. The molecule has 0 atom stereocenters. The van der Waals surface area contributed by atoms with Crippen molar-refractivity contribution < 1.29 is 4.79 Å². The predicted molar refractivity (Wildman–Crippen MR) is 47.4 cm³/mol. The number of aromatic nitrogens is 2. The summed E-state index contributed by atoms with van der Waals surface area (Å²) in [5, 5.41) is 0. The van der Waals surface area contributed by atoms with E-state index in [1.54, 1.807) is 0 Å². The van der Waals surface area contributed by atoms with Crippen molar-refractivity contribution in [2.24, 2.45) is 0 Å². The van der Waals surface area contributed by atoms with Gasteiger partial charge in [0.2, 0.25) is 0 Å². The molecule has 0 aromatic carbocycles. The summed E-state index contributed by atoms with van der Waals surface area (Å²) in [5.41, 5.74) is 1.94. The lowest BCUT2D eigenvalue weighted by Crippen LogP contribution is -2.13. The highest BCUT2D eigenvalue weighted by atomic mass is 16.1. The number of H-pyrrole nitrogens is 1. The number of hydrogen-bond acceptors (Lipinski definition) is 2. The number of aryl methyl sites for hydroxylation is 1. The summed E-state index contributed by atoms with van der Waals surface area (Å²) in [5.74, 6) is 0.414. The number of hydrogen-bond donors (Lipinski definition) is 1. The molecule has 0 saturated carbocycles. The van der Waals surface area contributed by atoms with E-state index in [2.05, 4.69) is 30.7 Å². The molecular formula is C9H14N2O. The fourth-order valence-corrected chi connectivity index (χ4v) is 1.27. The van der Waals surface area contributed by atoms with Gasteiger partial charge in [0.05, 0.1) is 5.69 Å². The fraction of sp³-hybridized carbons (Fsp3) is 0.556. The van der Waals surface area contributed by atoms with E-state index in [0.717, 1.165) is 17.7 Å². The van der Waals surface area contributed by atoms with Crippen molar-refractivity contribution in [1.82, 2.24) is 9.97 Å². The summed E-state index contributed by atoms with van der Waals surface area (Å²) in [4.78, 5) is 17.5. The number of carbonyl (C=O) groups excluding carboxylic acids is 1. The first-order chi connectivity index (χ1) is 5.45. The number of aldehydes is 1. The second-order valence-electron chi connectivity index (χ2n) is 3.96. The van der Waals surface area contributed by atoms with Crippen LogP contribution >= 0.6 is 0 Å². The molecule has 0 amide bonds. The highest BCUT2D eigenvalue weighted by Crippen LogP contribution is 2.22. The van der Waals surface area contributed by atoms with Crippen molar-refractivity contribution in [3.63, 3.8) is 0 Å². The lowest BCUT2D eigenvalue weighted by Gasteiger charge is -2.15. The van der Waals surface area contributed by atoms with Gasteiger partial charge in [-0.25, -0.2) is 4.98 Å². The number of carbonyl (C=O) groups is 1. The molecule has 0 bridgehead atoms. The summed E-state index contributed by atoms with van der Waals surface area (Å²) >= 11 is 0. The zero-order valence-corrected chi connectivity index (χ0v) is 7.93. The number of nitrogens with zero attached hydrogens (tertiary/aromatic N) is 1. The van der Waals surface area contributed by atoms with Crippen LogP contribution in [0.1, 0.15) is 42.8 Å². The molecule has 3 nitrogen and oxygen atoms in total. The van der Waals surface area contributed by atoms with Crippen molar-refractivity contribution in [1.29, 1.82) is 0 Å². The Morgan fingerprint density at radius 2 is 2.00 bits per heavy atom. The zero-order valence-electron chi connectivity index (χ0n) is 7.93.